The second-order valence-corrected chi connectivity index (χ2v) is 8.32. The second kappa shape index (κ2) is 4.83. The summed E-state index contributed by atoms with van der Waals surface area (Å²) < 4.78 is 12.9. The van der Waals surface area contributed by atoms with Crippen molar-refractivity contribution >= 4 is 0 Å². The minimum absolute atomic E-state index is 0.196. The Morgan fingerprint density at radius 2 is 1.90 bits per heavy atom. The number of hydrogen-bond acceptors (Lipinski definition) is 2. The first kappa shape index (κ1) is 14.3. The molecule has 2 heteroatoms. The van der Waals surface area contributed by atoms with E-state index in [1.807, 2.05) is 0 Å². The van der Waals surface area contributed by atoms with E-state index in [0.29, 0.717) is 23.4 Å². The minimum Gasteiger partial charge on any atom is -0.350 e. The first-order chi connectivity index (χ1) is 10.0. The van der Waals surface area contributed by atoms with Gasteiger partial charge in [0, 0.05) is 18.8 Å². The fourth-order valence-electron chi connectivity index (χ4n) is 5.81. The van der Waals surface area contributed by atoms with Crippen LogP contribution in [0.3, 0.4) is 0 Å². The molecule has 5 atom stereocenters. The van der Waals surface area contributed by atoms with Crippen LogP contribution in [0.1, 0.15) is 65.2 Å². The van der Waals surface area contributed by atoms with Gasteiger partial charge in [-0.3, -0.25) is 0 Å². The van der Waals surface area contributed by atoms with Crippen LogP contribution in [0.2, 0.25) is 0 Å². The molecular formula is C19H30O2. The molecule has 3 saturated carbocycles. The molecule has 4 fully saturated rings. The van der Waals surface area contributed by atoms with Crippen LogP contribution < -0.4 is 0 Å². The zero-order chi connectivity index (χ0) is 14.7. The maximum absolute atomic E-state index is 6.55. The van der Waals surface area contributed by atoms with Gasteiger partial charge in [0.2, 0.25) is 0 Å². The van der Waals surface area contributed by atoms with Crippen molar-refractivity contribution < 1.29 is 9.47 Å². The van der Waals surface area contributed by atoms with Gasteiger partial charge in [0.05, 0.1) is 12.7 Å². The van der Waals surface area contributed by atoms with Gasteiger partial charge in [-0.25, -0.2) is 0 Å². The molecule has 0 bridgehead atoms. The molecule has 4 rings (SSSR count). The Hall–Kier alpha value is -0.340. The number of allylic oxidation sites excluding steroid dienone is 1. The normalized spacial score (nSPS) is 49.0. The quantitative estimate of drug-likeness (QED) is 0.603. The highest BCUT2D eigenvalue weighted by Crippen LogP contribution is 2.59. The molecule has 1 aliphatic heterocycles. The molecule has 0 aromatic carbocycles. The summed E-state index contributed by atoms with van der Waals surface area (Å²) >= 11 is 0. The van der Waals surface area contributed by atoms with E-state index in [1.165, 1.54) is 44.1 Å². The summed E-state index contributed by atoms with van der Waals surface area (Å²) in [7, 11) is 0. The lowest BCUT2D eigenvalue weighted by molar-refractivity contribution is -0.328. The Morgan fingerprint density at radius 1 is 1.14 bits per heavy atom. The highest BCUT2D eigenvalue weighted by atomic mass is 16.7. The molecule has 0 aromatic rings. The van der Waals surface area contributed by atoms with Crippen molar-refractivity contribution in [2.45, 2.75) is 77.1 Å². The Bertz CT molecular complexity index is 437. The van der Waals surface area contributed by atoms with E-state index in [9.17, 15) is 0 Å². The van der Waals surface area contributed by atoms with Crippen LogP contribution in [0.4, 0.5) is 0 Å². The van der Waals surface area contributed by atoms with Crippen LogP contribution in [0.25, 0.3) is 0 Å². The summed E-state index contributed by atoms with van der Waals surface area (Å²) in [5.74, 6) is 1.83. The number of ether oxygens (including phenoxy) is 2. The molecule has 21 heavy (non-hydrogen) atoms. The van der Waals surface area contributed by atoms with Gasteiger partial charge in [-0.15, -0.1) is 0 Å². The minimum atomic E-state index is -0.196. The van der Waals surface area contributed by atoms with E-state index in [4.69, 9.17) is 9.47 Å². The maximum atomic E-state index is 6.55. The van der Waals surface area contributed by atoms with Crippen molar-refractivity contribution in [2.24, 2.45) is 23.2 Å². The van der Waals surface area contributed by atoms with Gasteiger partial charge in [0.1, 0.15) is 0 Å². The number of hydrogen-bond donors (Lipinski definition) is 0. The summed E-state index contributed by atoms with van der Waals surface area (Å²) in [5.41, 5.74) is 1.89. The molecule has 118 valence electrons. The average Bonchev–Trinajstić information content (AvgIpc) is 2.92. The highest BCUT2D eigenvalue weighted by molar-refractivity contribution is 5.14. The van der Waals surface area contributed by atoms with Crippen LogP contribution in [0, 0.1) is 23.2 Å². The molecule has 5 unspecified atom stereocenters. The van der Waals surface area contributed by atoms with E-state index >= 15 is 0 Å². The number of rotatable bonds is 0. The summed E-state index contributed by atoms with van der Waals surface area (Å²) in [4.78, 5) is 0. The third kappa shape index (κ3) is 2.05. The smallest absolute Gasteiger partial charge is 0.168 e. The Labute approximate surface area is 129 Å². The predicted molar refractivity (Wildman–Crippen MR) is 83.9 cm³/mol. The highest BCUT2D eigenvalue weighted by Gasteiger charge is 2.55. The van der Waals surface area contributed by atoms with Gasteiger partial charge in [-0.2, -0.15) is 0 Å². The molecule has 0 radical (unpaired) electrons. The SMILES string of the molecule is C=C1CCC2C3COC4(CCCC4)OC3CCC2(C)C1C. The van der Waals surface area contributed by atoms with Crippen molar-refractivity contribution in [3.63, 3.8) is 0 Å². The van der Waals surface area contributed by atoms with E-state index in [-0.39, 0.29) is 5.79 Å². The zero-order valence-corrected chi connectivity index (χ0v) is 13.7. The topological polar surface area (TPSA) is 18.5 Å². The van der Waals surface area contributed by atoms with Crippen molar-refractivity contribution in [1.29, 1.82) is 0 Å². The van der Waals surface area contributed by atoms with Crippen molar-refractivity contribution in [3.8, 4) is 0 Å². The van der Waals surface area contributed by atoms with Gasteiger partial charge in [-0.1, -0.05) is 26.0 Å². The molecule has 1 spiro atoms. The molecule has 4 aliphatic rings. The lowest BCUT2D eigenvalue weighted by Crippen LogP contribution is -2.57. The molecular weight excluding hydrogens is 260 g/mol. The summed E-state index contributed by atoms with van der Waals surface area (Å²) in [6.45, 7) is 10.2. The van der Waals surface area contributed by atoms with Gasteiger partial charge >= 0.3 is 0 Å². The van der Waals surface area contributed by atoms with Crippen LogP contribution in [-0.4, -0.2) is 18.5 Å². The van der Waals surface area contributed by atoms with E-state index < -0.39 is 0 Å². The first-order valence-corrected chi connectivity index (χ1v) is 9.04. The molecule has 3 aliphatic carbocycles. The molecule has 0 amide bonds. The van der Waals surface area contributed by atoms with Crippen LogP contribution in [0.5, 0.6) is 0 Å². The molecule has 1 heterocycles. The molecule has 1 saturated heterocycles. The van der Waals surface area contributed by atoms with Gasteiger partial charge in [0.25, 0.3) is 0 Å². The Kier molecular flexibility index (Phi) is 3.28. The van der Waals surface area contributed by atoms with Crippen LogP contribution >= 0.6 is 0 Å². The summed E-state index contributed by atoms with van der Waals surface area (Å²) in [6, 6.07) is 0. The first-order valence-electron chi connectivity index (χ1n) is 9.04. The monoisotopic (exact) mass is 290 g/mol. The lowest BCUT2D eigenvalue weighted by Gasteiger charge is -2.58. The summed E-state index contributed by atoms with van der Waals surface area (Å²) in [5, 5.41) is 0. The third-order valence-electron chi connectivity index (χ3n) is 7.46. The van der Waals surface area contributed by atoms with Crippen molar-refractivity contribution in [2.75, 3.05) is 6.61 Å². The van der Waals surface area contributed by atoms with E-state index in [1.54, 1.807) is 0 Å². The van der Waals surface area contributed by atoms with Gasteiger partial charge in [0.15, 0.2) is 5.79 Å². The maximum Gasteiger partial charge on any atom is 0.168 e. The Balaban J connectivity index is 1.56. The van der Waals surface area contributed by atoms with Gasteiger partial charge < -0.3 is 9.47 Å². The predicted octanol–water partition coefficient (Wildman–Crippen LogP) is 4.69. The summed E-state index contributed by atoms with van der Waals surface area (Å²) in [6.07, 6.45) is 10.3. The largest absolute Gasteiger partial charge is 0.350 e. The van der Waals surface area contributed by atoms with E-state index in [2.05, 4.69) is 20.4 Å². The Morgan fingerprint density at radius 3 is 2.67 bits per heavy atom. The lowest BCUT2D eigenvalue weighted by atomic mass is 9.51. The van der Waals surface area contributed by atoms with Crippen LogP contribution in [-0.2, 0) is 9.47 Å². The van der Waals surface area contributed by atoms with Crippen molar-refractivity contribution in [1.82, 2.24) is 0 Å². The standard InChI is InChI=1S/C19H30O2/c1-13-6-7-16-15-12-20-19(9-4-5-10-19)21-17(15)8-11-18(16,3)14(13)2/h14-17H,1,4-12H2,2-3H3. The molecule has 0 aromatic heterocycles. The van der Waals surface area contributed by atoms with Crippen molar-refractivity contribution in [3.05, 3.63) is 12.2 Å². The average molecular weight is 290 g/mol. The van der Waals surface area contributed by atoms with E-state index in [0.717, 1.165) is 25.4 Å². The van der Waals surface area contributed by atoms with Gasteiger partial charge in [-0.05, 0) is 55.8 Å². The molecule has 0 N–H and O–H groups in total. The number of fused-ring (bicyclic) bond motifs is 3. The van der Waals surface area contributed by atoms with Crippen LogP contribution in [0.15, 0.2) is 12.2 Å². The fraction of sp³-hybridized carbons (Fsp3) is 0.895. The second-order valence-electron chi connectivity index (χ2n) is 8.32. The molecule has 2 nitrogen and oxygen atoms in total. The fourth-order valence-corrected chi connectivity index (χ4v) is 5.81. The third-order valence-corrected chi connectivity index (χ3v) is 7.46. The zero-order valence-electron chi connectivity index (χ0n) is 13.7.